The molecule has 0 radical (unpaired) electrons. The average molecular weight is 170 g/mol. The summed E-state index contributed by atoms with van der Waals surface area (Å²) >= 11 is 0. The van der Waals surface area contributed by atoms with E-state index in [1.165, 1.54) is 24.4 Å². The number of hydrogen-bond acceptors (Lipinski definition) is 5. The number of aromatic nitrogens is 3. The lowest BCUT2D eigenvalue weighted by Crippen LogP contribution is -2.35. The molecule has 0 aliphatic carbocycles. The summed E-state index contributed by atoms with van der Waals surface area (Å²) < 4.78 is 5.91. The molecule has 0 unspecified atom stereocenters. The number of carbonyl (C=O) groups is 1. The molecule has 6 nitrogen and oxygen atoms in total. The predicted molar refractivity (Wildman–Crippen MR) is 40.0 cm³/mol. The molecule has 66 valence electrons. The molecule has 0 aromatic carbocycles. The van der Waals surface area contributed by atoms with Crippen LogP contribution in [0.25, 0.3) is 0 Å². The Morgan fingerprint density at radius 3 is 3.08 bits per heavy atom. The number of nitrogens with zero attached hydrogens (tertiary/aromatic N) is 3. The van der Waals surface area contributed by atoms with Gasteiger partial charge >= 0.3 is 5.97 Å². The molecular weight excluding hydrogens is 160 g/mol. The number of esters is 1. The van der Waals surface area contributed by atoms with Gasteiger partial charge in [-0.1, -0.05) is 0 Å². The zero-order chi connectivity index (χ0) is 8.97. The summed E-state index contributed by atoms with van der Waals surface area (Å²) in [7, 11) is 1.30. The van der Waals surface area contributed by atoms with Crippen molar-refractivity contribution in [3.8, 4) is 0 Å². The largest absolute Gasteiger partial charge is 0.468 e. The van der Waals surface area contributed by atoms with E-state index >= 15 is 0 Å². The van der Waals surface area contributed by atoms with Crippen molar-refractivity contribution >= 4 is 5.97 Å². The Kier molecular flexibility index (Phi) is 2.76. The minimum atomic E-state index is -0.684. The highest BCUT2D eigenvalue weighted by molar-refractivity contribution is 5.75. The van der Waals surface area contributed by atoms with Gasteiger partial charge in [0.15, 0.2) is 0 Å². The zero-order valence-corrected chi connectivity index (χ0v) is 6.67. The Hall–Kier alpha value is -1.43. The molecule has 0 amide bonds. The van der Waals surface area contributed by atoms with Crippen molar-refractivity contribution in [2.45, 2.75) is 12.6 Å². The molecule has 1 atom stereocenters. The summed E-state index contributed by atoms with van der Waals surface area (Å²) in [6.45, 7) is 0.284. The van der Waals surface area contributed by atoms with Gasteiger partial charge in [-0.25, -0.2) is 4.98 Å². The van der Waals surface area contributed by atoms with Crippen molar-refractivity contribution in [3.63, 3.8) is 0 Å². The van der Waals surface area contributed by atoms with Crippen LogP contribution in [-0.4, -0.2) is 33.9 Å². The first-order chi connectivity index (χ1) is 5.74. The SMILES string of the molecule is COC(=O)[C@@H](N)Cn1cncn1. The molecule has 12 heavy (non-hydrogen) atoms. The molecule has 1 heterocycles. The molecule has 2 N–H and O–H groups in total. The van der Waals surface area contributed by atoms with Crippen molar-refractivity contribution in [1.82, 2.24) is 14.8 Å². The fourth-order valence-corrected chi connectivity index (χ4v) is 0.754. The molecule has 0 aliphatic heterocycles. The number of ether oxygens (including phenoxy) is 1. The second kappa shape index (κ2) is 3.82. The number of carbonyl (C=O) groups excluding carboxylic acids is 1. The van der Waals surface area contributed by atoms with Gasteiger partial charge in [-0.2, -0.15) is 5.10 Å². The van der Waals surface area contributed by atoms with Crippen molar-refractivity contribution in [2.75, 3.05) is 7.11 Å². The monoisotopic (exact) mass is 170 g/mol. The summed E-state index contributed by atoms with van der Waals surface area (Å²) in [6, 6.07) is -0.684. The molecule has 0 fully saturated rings. The van der Waals surface area contributed by atoms with Crippen LogP contribution in [0, 0.1) is 0 Å². The Balaban J connectivity index is 2.47. The second-order valence-corrected chi connectivity index (χ2v) is 2.25. The summed E-state index contributed by atoms with van der Waals surface area (Å²) in [6.07, 6.45) is 2.87. The van der Waals surface area contributed by atoms with Gasteiger partial charge in [-0.3, -0.25) is 9.48 Å². The summed E-state index contributed by atoms with van der Waals surface area (Å²) in [5, 5.41) is 3.79. The van der Waals surface area contributed by atoms with E-state index in [0.717, 1.165) is 0 Å². The van der Waals surface area contributed by atoms with E-state index in [1.807, 2.05) is 0 Å². The van der Waals surface area contributed by atoms with Crippen LogP contribution in [-0.2, 0) is 16.1 Å². The lowest BCUT2D eigenvalue weighted by molar-refractivity contribution is -0.142. The maximum Gasteiger partial charge on any atom is 0.324 e. The minimum absolute atomic E-state index is 0.284. The maximum atomic E-state index is 10.8. The number of rotatable bonds is 3. The first-order valence-electron chi connectivity index (χ1n) is 3.40. The Morgan fingerprint density at radius 2 is 2.58 bits per heavy atom. The van der Waals surface area contributed by atoms with E-state index in [2.05, 4.69) is 14.8 Å². The third-order valence-corrected chi connectivity index (χ3v) is 1.35. The van der Waals surface area contributed by atoms with Gasteiger partial charge in [0.05, 0.1) is 13.7 Å². The van der Waals surface area contributed by atoms with Crippen molar-refractivity contribution in [1.29, 1.82) is 0 Å². The van der Waals surface area contributed by atoms with Crippen LogP contribution in [0.4, 0.5) is 0 Å². The third kappa shape index (κ3) is 2.03. The van der Waals surface area contributed by atoms with Gasteiger partial charge in [0.25, 0.3) is 0 Å². The zero-order valence-electron chi connectivity index (χ0n) is 6.67. The molecule has 0 bridgehead atoms. The van der Waals surface area contributed by atoms with Crippen molar-refractivity contribution in [3.05, 3.63) is 12.7 Å². The third-order valence-electron chi connectivity index (χ3n) is 1.35. The minimum Gasteiger partial charge on any atom is -0.468 e. The molecule has 1 aromatic rings. The molecule has 1 rings (SSSR count). The highest BCUT2D eigenvalue weighted by Crippen LogP contribution is 1.88. The van der Waals surface area contributed by atoms with Crippen LogP contribution >= 0.6 is 0 Å². The summed E-state index contributed by atoms with van der Waals surface area (Å²) in [5.41, 5.74) is 5.46. The van der Waals surface area contributed by atoms with Gasteiger partial charge < -0.3 is 10.5 Å². The highest BCUT2D eigenvalue weighted by Gasteiger charge is 2.13. The molecule has 0 spiro atoms. The van der Waals surface area contributed by atoms with Gasteiger partial charge in [0.2, 0.25) is 0 Å². The van der Waals surface area contributed by atoms with Crippen LogP contribution in [0.15, 0.2) is 12.7 Å². The van der Waals surface area contributed by atoms with Crippen LogP contribution < -0.4 is 5.73 Å². The van der Waals surface area contributed by atoms with E-state index in [-0.39, 0.29) is 6.54 Å². The molecule has 0 saturated heterocycles. The van der Waals surface area contributed by atoms with E-state index in [0.29, 0.717) is 0 Å². The number of hydrogen-bond donors (Lipinski definition) is 1. The lowest BCUT2D eigenvalue weighted by atomic mass is 10.3. The van der Waals surface area contributed by atoms with Gasteiger partial charge in [-0.05, 0) is 0 Å². The van der Waals surface area contributed by atoms with Crippen LogP contribution in [0.2, 0.25) is 0 Å². The highest BCUT2D eigenvalue weighted by atomic mass is 16.5. The number of methoxy groups -OCH3 is 1. The molecular formula is C6H10N4O2. The Bertz CT molecular complexity index is 246. The molecule has 1 aromatic heterocycles. The predicted octanol–water partition coefficient (Wildman–Crippen LogP) is -1.22. The second-order valence-electron chi connectivity index (χ2n) is 2.25. The maximum absolute atomic E-state index is 10.8. The standard InChI is InChI=1S/C6H10N4O2/c1-12-6(11)5(7)2-10-4-8-3-9-10/h3-5H,2,7H2,1H3/t5-/m0/s1. The van der Waals surface area contributed by atoms with Gasteiger partial charge in [-0.15, -0.1) is 0 Å². The summed E-state index contributed by atoms with van der Waals surface area (Å²) in [5.74, 6) is -0.453. The normalized spacial score (nSPS) is 12.5. The average Bonchev–Trinajstić information content (AvgIpc) is 2.55. The van der Waals surface area contributed by atoms with E-state index in [4.69, 9.17) is 5.73 Å². The number of nitrogens with two attached hydrogens (primary N) is 1. The molecule has 0 aliphatic rings. The van der Waals surface area contributed by atoms with Crippen LogP contribution in [0.3, 0.4) is 0 Å². The fourth-order valence-electron chi connectivity index (χ4n) is 0.754. The van der Waals surface area contributed by atoms with Gasteiger partial charge in [0.1, 0.15) is 18.7 Å². The Labute approximate surface area is 69.3 Å². The topological polar surface area (TPSA) is 83.0 Å². The quantitative estimate of drug-likeness (QED) is 0.575. The Morgan fingerprint density at radius 1 is 1.83 bits per heavy atom. The summed E-state index contributed by atoms with van der Waals surface area (Å²) in [4.78, 5) is 14.5. The van der Waals surface area contributed by atoms with E-state index in [9.17, 15) is 4.79 Å². The van der Waals surface area contributed by atoms with Crippen molar-refractivity contribution in [2.24, 2.45) is 5.73 Å². The molecule has 0 saturated carbocycles. The van der Waals surface area contributed by atoms with E-state index < -0.39 is 12.0 Å². The first kappa shape index (κ1) is 8.66. The van der Waals surface area contributed by atoms with Crippen molar-refractivity contribution < 1.29 is 9.53 Å². The van der Waals surface area contributed by atoms with Crippen LogP contribution in [0.5, 0.6) is 0 Å². The molecule has 6 heteroatoms. The van der Waals surface area contributed by atoms with E-state index in [1.54, 1.807) is 0 Å². The first-order valence-corrected chi connectivity index (χ1v) is 3.40. The smallest absolute Gasteiger partial charge is 0.324 e. The lowest BCUT2D eigenvalue weighted by Gasteiger charge is -2.07. The van der Waals surface area contributed by atoms with Crippen LogP contribution in [0.1, 0.15) is 0 Å². The van der Waals surface area contributed by atoms with Gasteiger partial charge in [0, 0.05) is 0 Å². The fraction of sp³-hybridized carbons (Fsp3) is 0.500.